The van der Waals surface area contributed by atoms with Crippen molar-refractivity contribution < 1.29 is 4.79 Å². The number of nitrogens with zero attached hydrogens (tertiary/aromatic N) is 3. The van der Waals surface area contributed by atoms with Gasteiger partial charge in [-0.25, -0.2) is 9.97 Å². The maximum Gasteiger partial charge on any atom is 0.222 e. The van der Waals surface area contributed by atoms with Crippen LogP contribution in [0.1, 0.15) is 6.42 Å². The average Bonchev–Trinajstić information content (AvgIpc) is 2.20. The van der Waals surface area contributed by atoms with E-state index in [9.17, 15) is 4.79 Å². The molecule has 0 atom stereocenters. The molecule has 1 aromatic rings. The summed E-state index contributed by atoms with van der Waals surface area (Å²) in [5.74, 6) is 1.18. The standard InChI is InChI=1S/C9H14N4OS/c1-13(2)7(14)3-6-15-9-8(10)11-4-5-12-9/h4-5H,3,6H2,1-2H3,(H2,10,11). The number of carbonyl (C=O) groups is 1. The van der Waals surface area contributed by atoms with E-state index < -0.39 is 0 Å². The van der Waals surface area contributed by atoms with Crippen LogP contribution in [0.5, 0.6) is 0 Å². The topological polar surface area (TPSA) is 72.1 Å². The number of anilines is 1. The number of hydrogen-bond acceptors (Lipinski definition) is 5. The Morgan fingerprint density at radius 1 is 1.47 bits per heavy atom. The molecule has 0 radical (unpaired) electrons. The molecule has 1 amide bonds. The van der Waals surface area contributed by atoms with E-state index in [4.69, 9.17) is 5.73 Å². The summed E-state index contributed by atoms with van der Waals surface area (Å²) in [6.45, 7) is 0. The van der Waals surface area contributed by atoms with Crippen molar-refractivity contribution >= 4 is 23.5 Å². The van der Waals surface area contributed by atoms with E-state index in [-0.39, 0.29) is 5.91 Å². The fourth-order valence-electron chi connectivity index (χ4n) is 0.906. The Balaban J connectivity index is 2.38. The van der Waals surface area contributed by atoms with Crippen LogP contribution in [0.3, 0.4) is 0 Å². The van der Waals surface area contributed by atoms with Gasteiger partial charge in [0.05, 0.1) is 0 Å². The van der Waals surface area contributed by atoms with Gasteiger partial charge in [0.15, 0.2) is 5.82 Å². The lowest BCUT2D eigenvalue weighted by molar-refractivity contribution is -0.128. The lowest BCUT2D eigenvalue weighted by Crippen LogP contribution is -2.21. The molecular formula is C9H14N4OS. The van der Waals surface area contributed by atoms with Crippen molar-refractivity contribution in [3.8, 4) is 0 Å². The van der Waals surface area contributed by atoms with Crippen LogP contribution >= 0.6 is 11.8 Å². The van der Waals surface area contributed by atoms with Gasteiger partial charge in [-0.05, 0) is 0 Å². The van der Waals surface area contributed by atoms with E-state index >= 15 is 0 Å². The van der Waals surface area contributed by atoms with E-state index in [0.29, 0.717) is 23.0 Å². The predicted octanol–water partition coefficient (Wildman–Crippen LogP) is 0.629. The van der Waals surface area contributed by atoms with E-state index in [1.807, 2.05) is 0 Å². The summed E-state index contributed by atoms with van der Waals surface area (Å²) in [6.07, 6.45) is 3.62. The van der Waals surface area contributed by atoms with Crippen molar-refractivity contribution in [1.82, 2.24) is 14.9 Å². The van der Waals surface area contributed by atoms with Crippen LogP contribution in [0.25, 0.3) is 0 Å². The first kappa shape index (κ1) is 11.8. The fraction of sp³-hybridized carbons (Fsp3) is 0.444. The molecule has 0 saturated heterocycles. The zero-order valence-electron chi connectivity index (χ0n) is 8.80. The van der Waals surface area contributed by atoms with Gasteiger partial charge in [0, 0.05) is 38.7 Å². The highest BCUT2D eigenvalue weighted by Gasteiger charge is 2.06. The Bertz CT molecular complexity index is 343. The lowest BCUT2D eigenvalue weighted by Gasteiger charge is -2.09. The molecule has 0 spiro atoms. The molecule has 2 N–H and O–H groups in total. The SMILES string of the molecule is CN(C)C(=O)CCSc1nccnc1N. The average molecular weight is 226 g/mol. The molecule has 1 heterocycles. The monoisotopic (exact) mass is 226 g/mol. The minimum Gasteiger partial charge on any atom is -0.381 e. The number of nitrogen functional groups attached to an aromatic ring is 1. The highest BCUT2D eigenvalue weighted by Crippen LogP contribution is 2.20. The van der Waals surface area contributed by atoms with E-state index in [0.717, 1.165) is 0 Å². The number of amides is 1. The maximum absolute atomic E-state index is 11.3. The Hall–Kier alpha value is -1.30. The second kappa shape index (κ2) is 5.55. The minimum absolute atomic E-state index is 0.102. The summed E-state index contributed by atoms with van der Waals surface area (Å²) < 4.78 is 0. The molecule has 0 aliphatic heterocycles. The summed E-state index contributed by atoms with van der Waals surface area (Å²) in [6, 6.07) is 0. The summed E-state index contributed by atoms with van der Waals surface area (Å²) in [4.78, 5) is 20.8. The Morgan fingerprint density at radius 2 is 2.13 bits per heavy atom. The van der Waals surface area contributed by atoms with Crippen LogP contribution < -0.4 is 5.73 Å². The number of rotatable bonds is 4. The fourth-order valence-corrected chi connectivity index (χ4v) is 1.71. The number of aromatic nitrogens is 2. The quantitative estimate of drug-likeness (QED) is 0.762. The number of hydrogen-bond donors (Lipinski definition) is 1. The minimum atomic E-state index is 0.102. The third kappa shape index (κ3) is 3.75. The van der Waals surface area contributed by atoms with Gasteiger partial charge in [-0.1, -0.05) is 0 Å². The molecule has 5 nitrogen and oxygen atoms in total. The van der Waals surface area contributed by atoms with Crippen molar-refractivity contribution in [2.24, 2.45) is 0 Å². The Labute approximate surface area is 93.1 Å². The predicted molar refractivity (Wildman–Crippen MR) is 60.5 cm³/mol. The van der Waals surface area contributed by atoms with Gasteiger partial charge in [0.1, 0.15) is 5.03 Å². The molecule has 15 heavy (non-hydrogen) atoms. The molecule has 0 aliphatic carbocycles. The highest BCUT2D eigenvalue weighted by atomic mass is 32.2. The largest absolute Gasteiger partial charge is 0.381 e. The van der Waals surface area contributed by atoms with Crippen molar-refractivity contribution in [3.63, 3.8) is 0 Å². The van der Waals surface area contributed by atoms with Gasteiger partial charge in [-0.3, -0.25) is 4.79 Å². The molecule has 1 aromatic heterocycles. The number of carbonyl (C=O) groups excluding carboxylic acids is 1. The van der Waals surface area contributed by atoms with Crippen LogP contribution in [-0.2, 0) is 4.79 Å². The highest BCUT2D eigenvalue weighted by molar-refractivity contribution is 7.99. The molecule has 0 aromatic carbocycles. The first-order valence-corrected chi connectivity index (χ1v) is 5.49. The van der Waals surface area contributed by atoms with E-state index in [2.05, 4.69) is 9.97 Å². The normalized spacial score (nSPS) is 10.0. The molecule has 0 bridgehead atoms. The summed E-state index contributed by atoms with van der Waals surface area (Å²) in [7, 11) is 3.48. The first-order valence-electron chi connectivity index (χ1n) is 4.50. The Morgan fingerprint density at radius 3 is 2.73 bits per heavy atom. The summed E-state index contributed by atoms with van der Waals surface area (Å²) in [5.41, 5.74) is 5.61. The number of nitrogens with two attached hydrogens (primary N) is 1. The third-order valence-electron chi connectivity index (χ3n) is 1.74. The molecule has 82 valence electrons. The second-order valence-corrected chi connectivity index (χ2v) is 4.22. The lowest BCUT2D eigenvalue weighted by atomic mass is 10.4. The van der Waals surface area contributed by atoms with Crippen LogP contribution in [0.4, 0.5) is 5.82 Å². The zero-order chi connectivity index (χ0) is 11.3. The van der Waals surface area contributed by atoms with Gasteiger partial charge in [-0.15, -0.1) is 11.8 Å². The van der Waals surface area contributed by atoms with Gasteiger partial charge < -0.3 is 10.6 Å². The second-order valence-electron chi connectivity index (χ2n) is 3.13. The molecular weight excluding hydrogens is 212 g/mol. The van der Waals surface area contributed by atoms with Gasteiger partial charge in [0.2, 0.25) is 5.91 Å². The van der Waals surface area contributed by atoms with Crippen molar-refractivity contribution in [1.29, 1.82) is 0 Å². The van der Waals surface area contributed by atoms with Crippen molar-refractivity contribution in [2.45, 2.75) is 11.4 Å². The smallest absolute Gasteiger partial charge is 0.222 e. The number of thioether (sulfide) groups is 1. The van der Waals surface area contributed by atoms with Gasteiger partial charge in [0.25, 0.3) is 0 Å². The molecule has 0 saturated carbocycles. The zero-order valence-corrected chi connectivity index (χ0v) is 9.62. The van der Waals surface area contributed by atoms with E-state index in [1.54, 1.807) is 31.4 Å². The molecule has 0 fully saturated rings. The molecule has 0 unspecified atom stereocenters. The summed E-state index contributed by atoms with van der Waals surface area (Å²) >= 11 is 1.45. The van der Waals surface area contributed by atoms with E-state index in [1.165, 1.54) is 11.8 Å². The van der Waals surface area contributed by atoms with Gasteiger partial charge >= 0.3 is 0 Å². The molecule has 0 aliphatic rings. The van der Waals surface area contributed by atoms with Crippen LogP contribution in [0.2, 0.25) is 0 Å². The maximum atomic E-state index is 11.3. The third-order valence-corrected chi connectivity index (χ3v) is 2.74. The summed E-state index contributed by atoms with van der Waals surface area (Å²) in [5, 5.41) is 0.684. The molecule has 6 heteroatoms. The Kier molecular flexibility index (Phi) is 4.36. The van der Waals surface area contributed by atoms with Crippen LogP contribution in [0.15, 0.2) is 17.4 Å². The van der Waals surface area contributed by atoms with Gasteiger partial charge in [-0.2, -0.15) is 0 Å². The first-order chi connectivity index (χ1) is 7.11. The van der Waals surface area contributed by atoms with Crippen molar-refractivity contribution in [3.05, 3.63) is 12.4 Å². The van der Waals surface area contributed by atoms with Crippen LogP contribution in [-0.4, -0.2) is 40.6 Å². The molecule has 1 rings (SSSR count). The van der Waals surface area contributed by atoms with Crippen LogP contribution in [0, 0.1) is 0 Å². The van der Waals surface area contributed by atoms with Crippen molar-refractivity contribution in [2.75, 3.05) is 25.6 Å².